The van der Waals surface area contributed by atoms with Crippen molar-refractivity contribution in [2.24, 2.45) is 0 Å². The normalized spacial score (nSPS) is 10.2. The Balaban J connectivity index is 2.63. The molecule has 0 saturated carbocycles. The first-order chi connectivity index (χ1) is 9.40. The molecule has 0 saturated heterocycles. The predicted molar refractivity (Wildman–Crippen MR) is 66.4 cm³/mol. The van der Waals surface area contributed by atoms with E-state index in [4.69, 9.17) is 10.2 Å². The number of H-pyrrole nitrogens is 1. The molecular formula is C13H8FNO5. The summed E-state index contributed by atoms with van der Waals surface area (Å²) < 4.78 is 13.6. The van der Waals surface area contributed by atoms with Crippen LogP contribution < -0.4 is 5.56 Å². The Morgan fingerprint density at radius 1 is 1.05 bits per heavy atom. The molecule has 2 rings (SSSR count). The number of rotatable bonds is 3. The number of pyridine rings is 1. The molecule has 7 heteroatoms. The minimum atomic E-state index is -1.42. The van der Waals surface area contributed by atoms with Crippen molar-refractivity contribution in [3.8, 4) is 11.1 Å². The summed E-state index contributed by atoms with van der Waals surface area (Å²) in [7, 11) is 0. The van der Waals surface area contributed by atoms with Gasteiger partial charge in [0.05, 0.1) is 11.1 Å². The Kier molecular flexibility index (Phi) is 3.34. The first-order valence-electron chi connectivity index (χ1n) is 5.39. The molecule has 0 spiro atoms. The van der Waals surface area contributed by atoms with Crippen LogP contribution in [0, 0.1) is 5.82 Å². The van der Waals surface area contributed by atoms with Crippen LogP contribution in [0.1, 0.15) is 20.7 Å². The number of carboxylic acid groups (broad SMARTS) is 2. The van der Waals surface area contributed by atoms with Crippen LogP contribution >= 0.6 is 0 Å². The van der Waals surface area contributed by atoms with E-state index >= 15 is 0 Å². The standard InChI is InChI=1S/C13H8FNO5/c14-10-3-6(1-2-7(10)12(17)18)9-5-15-11(16)4-8(9)13(19)20/h1-5H,(H,15,16)(H,17,18)(H,19,20). The van der Waals surface area contributed by atoms with Crippen molar-refractivity contribution < 1.29 is 24.2 Å². The molecule has 0 aliphatic rings. The van der Waals surface area contributed by atoms with Gasteiger partial charge in [0.1, 0.15) is 5.82 Å². The summed E-state index contributed by atoms with van der Waals surface area (Å²) in [5, 5.41) is 17.7. The molecule has 3 N–H and O–H groups in total. The molecule has 1 aromatic carbocycles. The molecule has 0 fully saturated rings. The van der Waals surface area contributed by atoms with Crippen LogP contribution in [-0.2, 0) is 0 Å². The van der Waals surface area contributed by atoms with Crippen molar-refractivity contribution in [3.63, 3.8) is 0 Å². The summed E-state index contributed by atoms with van der Waals surface area (Å²) >= 11 is 0. The Hall–Kier alpha value is -2.96. The number of carbonyl (C=O) groups is 2. The largest absolute Gasteiger partial charge is 0.478 e. The van der Waals surface area contributed by atoms with Gasteiger partial charge < -0.3 is 15.2 Å². The summed E-state index contributed by atoms with van der Waals surface area (Å²) in [6.45, 7) is 0. The molecular weight excluding hydrogens is 269 g/mol. The molecule has 0 bridgehead atoms. The lowest BCUT2D eigenvalue weighted by molar-refractivity contribution is 0.0683. The Bertz CT molecular complexity index is 766. The van der Waals surface area contributed by atoms with Gasteiger partial charge in [0, 0.05) is 17.8 Å². The number of carboxylic acids is 2. The number of hydrogen-bond donors (Lipinski definition) is 3. The first-order valence-corrected chi connectivity index (χ1v) is 5.39. The molecule has 1 heterocycles. The summed E-state index contributed by atoms with van der Waals surface area (Å²) in [4.78, 5) is 35.2. The molecule has 102 valence electrons. The maximum atomic E-state index is 13.6. The Morgan fingerprint density at radius 3 is 2.25 bits per heavy atom. The van der Waals surface area contributed by atoms with Crippen molar-refractivity contribution in [2.75, 3.05) is 0 Å². The molecule has 0 aliphatic heterocycles. The number of aromatic nitrogens is 1. The maximum Gasteiger partial charge on any atom is 0.338 e. The van der Waals surface area contributed by atoms with E-state index in [1.165, 1.54) is 6.07 Å². The smallest absolute Gasteiger partial charge is 0.338 e. The minimum Gasteiger partial charge on any atom is -0.478 e. The lowest BCUT2D eigenvalue weighted by Crippen LogP contribution is -2.10. The number of hydrogen-bond acceptors (Lipinski definition) is 3. The second-order valence-electron chi connectivity index (χ2n) is 3.93. The van der Waals surface area contributed by atoms with E-state index in [0.717, 1.165) is 24.4 Å². The predicted octanol–water partition coefficient (Wildman–Crippen LogP) is 1.58. The SMILES string of the molecule is O=C(O)c1ccc(-c2c[nH]c(=O)cc2C(=O)O)cc1F. The van der Waals surface area contributed by atoms with Crippen molar-refractivity contribution in [1.82, 2.24) is 4.98 Å². The van der Waals surface area contributed by atoms with E-state index in [9.17, 15) is 18.8 Å². The number of halogens is 1. The van der Waals surface area contributed by atoms with E-state index in [1.807, 2.05) is 0 Å². The first kappa shape index (κ1) is 13.5. The average molecular weight is 277 g/mol. The van der Waals surface area contributed by atoms with Gasteiger partial charge in [-0.15, -0.1) is 0 Å². The third-order valence-electron chi connectivity index (χ3n) is 2.67. The lowest BCUT2D eigenvalue weighted by atomic mass is 10.0. The zero-order chi connectivity index (χ0) is 14.9. The van der Waals surface area contributed by atoms with Gasteiger partial charge in [0.2, 0.25) is 5.56 Å². The highest BCUT2D eigenvalue weighted by molar-refractivity contribution is 5.96. The highest BCUT2D eigenvalue weighted by Crippen LogP contribution is 2.24. The minimum absolute atomic E-state index is 0.0907. The number of benzene rings is 1. The molecule has 0 atom stereocenters. The van der Waals surface area contributed by atoms with Gasteiger partial charge >= 0.3 is 11.9 Å². The second-order valence-corrected chi connectivity index (χ2v) is 3.93. The summed E-state index contributed by atoms with van der Waals surface area (Å²) in [6.07, 6.45) is 1.14. The number of nitrogens with one attached hydrogen (secondary N) is 1. The fourth-order valence-corrected chi connectivity index (χ4v) is 1.74. The number of aromatic amines is 1. The van der Waals surface area contributed by atoms with Crippen LogP contribution in [0.3, 0.4) is 0 Å². The van der Waals surface area contributed by atoms with E-state index < -0.39 is 28.9 Å². The monoisotopic (exact) mass is 277 g/mol. The molecule has 0 radical (unpaired) electrons. The highest BCUT2D eigenvalue weighted by atomic mass is 19.1. The van der Waals surface area contributed by atoms with Crippen molar-refractivity contribution in [2.45, 2.75) is 0 Å². The quantitative estimate of drug-likeness (QED) is 0.789. The van der Waals surface area contributed by atoms with Gasteiger partial charge in [-0.2, -0.15) is 0 Å². The van der Waals surface area contributed by atoms with Gasteiger partial charge in [-0.1, -0.05) is 6.07 Å². The van der Waals surface area contributed by atoms with Gasteiger partial charge in [0.25, 0.3) is 0 Å². The van der Waals surface area contributed by atoms with E-state index in [0.29, 0.717) is 0 Å². The van der Waals surface area contributed by atoms with Crippen LogP contribution in [0.25, 0.3) is 11.1 Å². The van der Waals surface area contributed by atoms with Crippen molar-refractivity contribution >= 4 is 11.9 Å². The van der Waals surface area contributed by atoms with Crippen molar-refractivity contribution in [1.29, 1.82) is 0 Å². The van der Waals surface area contributed by atoms with Crippen LogP contribution in [0.2, 0.25) is 0 Å². The zero-order valence-corrected chi connectivity index (χ0v) is 9.88. The second kappa shape index (κ2) is 4.96. The average Bonchev–Trinajstić information content (AvgIpc) is 2.37. The maximum absolute atomic E-state index is 13.6. The Labute approximate surface area is 111 Å². The molecule has 1 aromatic heterocycles. The van der Waals surface area contributed by atoms with Crippen LogP contribution in [-0.4, -0.2) is 27.1 Å². The number of aromatic carboxylic acids is 2. The van der Waals surface area contributed by atoms with Gasteiger partial charge in [-0.05, 0) is 17.7 Å². The van der Waals surface area contributed by atoms with Crippen LogP contribution in [0.5, 0.6) is 0 Å². The van der Waals surface area contributed by atoms with Crippen LogP contribution in [0.15, 0.2) is 35.3 Å². The highest BCUT2D eigenvalue weighted by Gasteiger charge is 2.16. The molecule has 0 amide bonds. The summed E-state index contributed by atoms with van der Waals surface area (Å²) in [5.74, 6) is -3.75. The fraction of sp³-hybridized carbons (Fsp3) is 0. The summed E-state index contributed by atoms with van der Waals surface area (Å²) in [5.41, 5.74) is -1.17. The third-order valence-corrected chi connectivity index (χ3v) is 2.67. The summed E-state index contributed by atoms with van der Waals surface area (Å²) in [6, 6.07) is 4.08. The van der Waals surface area contributed by atoms with E-state index in [2.05, 4.69) is 4.98 Å². The lowest BCUT2D eigenvalue weighted by Gasteiger charge is -2.06. The Morgan fingerprint density at radius 2 is 1.70 bits per heavy atom. The zero-order valence-electron chi connectivity index (χ0n) is 9.88. The molecule has 2 aromatic rings. The van der Waals surface area contributed by atoms with Gasteiger partial charge in [-0.25, -0.2) is 14.0 Å². The third kappa shape index (κ3) is 2.41. The molecule has 0 unspecified atom stereocenters. The van der Waals surface area contributed by atoms with E-state index in [1.54, 1.807) is 0 Å². The molecule has 0 aliphatic carbocycles. The molecule has 20 heavy (non-hydrogen) atoms. The van der Waals surface area contributed by atoms with Gasteiger partial charge in [0.15, 0.2) is 0 Å². The van der Waals surface area contributed by atoms with Crippen molar-refractivity contribution in [3.05, 3.63) is 57.8 Å². The van der Waals surface area contributed by atoms with Gasteiger partial charge in [-0.3, -0.25) is 4.79 Å². The fourth-order valence-electron chi connectivity index (χ4n) is 1.74. The topological polar surface area (TPSA) is 107 Å². The molecule has 6 nitrogen and oxygen atoms in total. The van der Waals surface area contributed by atoms with Crippen LogP contribution in [0.4, 0.5) is 4.39 Å². The van der Waals surface area contributed by atoms with E-state index in [-0.39, 0.29) is 16.7 Å².